The van der Waals surface area contributed by atoms with Gasteiger partial charge in [0.1, 0.15) is 6.04 Å². The molecule has 1 aromatic heterocycles. The van der Waals surface area contributed by atoms with Crippen molar-refractivity contribution in [3.05, 3.63) is 22.4 Å². The first kappa shape index (κ1) is 13.8. The summed E-state index contributed by atoms with van der Waals surface area (Å²) in [5.74, 6) is 2.78. The van der Waals surface area contributed by atoms with Crippen LogP contribution in [0, 0.1) is 23.2 Å². The van der Waals surface area contributed by atoms with Gasteiger partial charge in [-0.05, 0) is 73.1 Å². The Morgan fingerprint density at radius 2 is 1.90 bits per heavy atom. The molecule has 114 valence electrons. The Morgan fingerprint density at radius 3 is 2.43 bits per heavy atom. The molecule has 1 amide bonds. The molecule has 21 heavy (non-hydrogen) atoms. The molecular weight excluding hydrogens is 280 g/mol. The van der Waals surface area contributed by atoms with E-state index in [1.54, 1.807) is 11.3 Å². The summed E-state index contributed by atoms with van der Waals surface area (Å²) < 4.78 is 0. The van der Waals surface area contributed by atoms with E-state index in [9.17, 15) is 4.79 Å². The minimum atomic E-state index is -0.501. The van der Waals surface area contributed by atoms with Crippen LogP contribution >= 0.6 is 11.3 Å². The van der Waals surface area contributed by atoms with Crippen LogP contribution in [0.2, 0.25) is 0 Å². The number of hydrogen-bond acceptors (Lipinski definition) is 3. The molecule has 0 aliphatic heterocycles. The van der Waals surface area contributed by atoms with Crippen LogP contribution in [-0.4, -0.2) is 12.5 Å². The van der Waals surface area contributed by atoms with Gasteiger partial charge in [0.15, 0.2) is 0 Å². The molecule has 0 aromatic carbocycles. The second-order valence-corrected chi connectivity index (χ2v) is 8.61. The average molecular weight is 304 g/mol. The number of carbonyl (C=O) groups excluding carboxylic acids is 1. The fourth-order valence-electron chi connectivity index (χ4n) is 5.49. The van der Waals surface area contributed by atoms with Gasteiger partial charge in [0.05, 0.1) is 0 Å². The first-order valence-electron chi connectivity index (χ1n) is 8.20. The smallest absolute Gasteiger partial charge is 0.242 e. The highest BCUT2D eigenvalue weighted by Gasteiger charge is 2.50. The molecule has 0 spiro atoms. The van der Waals surface area contributed by atoms with E-state index in [2.05, 4.69) is 5.32 Å². The minimum absolute atomic E-state index is 0.00630. The number of rotatable bonds is 4. The minimum Gasteiger partial charge on any atom is -0.354 e. The first-order chi connectivity index (χ1) is 10.1. The number of nitrogens with one attached hydrogen (secondary N) is 1. The second kappa shape index (κ2) is 5.10. The third-order valence-corrected chi connectivity index (χ3v) is 6.89. The van der Waals surface area contributed by atoms with Crippen molar-refractivity contribution in [1.82, 2.24) is 5.32 Å². The van der Waals surface area contributed by atoms with E-state index in [0.717, 1.165) is 29.2 Å². The number of thiophene rings is 1. The van der Waals surface area contributed by atoms with Crippen molar-refractivity contribution in [2.75, 3.05) is 6.54 Å². The fourth-order valence-corrected chi connectivity index (χ4v) is 6.21. The first-order valence-corrected chi connectivity index (χ1v) is 9.08. The van der Waals surface area contributed by atoms with Gasteiger partial charge in [0.25, 0.3) is 0 Å². The van der Waals surface area contributed by atoms with E-state index >= 15 is 0 Å². The van der Waals surface area contributed by atoms with Crippen molar-refractivity contribution < 1.29 is 4.79 Å². The molecule has 4 aliphatic rings. The van der Waals surface area contributed by atoms with E-state index in [4.69, 9.17) is 5.73 Å². The van der Waals surface area contributed by atoms with Gasteiger partial charge in [-0.2, -0.15) is 0 Å². The summed E-state index contributed by atoms with van der Waals surface area (Å²) in [6.07, 6.45) is 8.32. The second-order valence-electron chi connectivity index (χ2n) is 7.63. The van der Waals surface area contributed by atoms with E-state index in [1.165, 1.54) is 38.5 Å². The molecule has 3 N–H and O–H groups in total. The largest absolute Gasteiger partial charge is 0.354 e. The van der Waals surface area contributed by atoms with Crippen LogP contribution < -0.4 is 11.1 Å². The molecule has 4 bridgehead atoms. The van der Waals surface area contributed by atoms with Gasteiger partial charge >= 0.3 is 0 Å². The molecule has 1 atom stereocenters. The molecule has 1 aromatic rings. The molecular formula is C17H24N2OS. The lowest BCUT2D eigenvalue weighted by Crippen LogP contribution is -2.52. The van der Waals surface area contributed by atoms with E-state index in [-0.39, 0.29) is 5.91 Å². The predicted molar refractivity (Wildman–Crippen MR) is 84.9 cm³/mol. The van der Waals surface area contributed by atoms with E-state index < -0.39 is 6.04 Å². The van der Waals surface area contributed by atoms with Gasteiger partial charge in [-0.3, -0.25) is 4.79 Å². The normalized spacial score (nSPS) is 38.4. The lowest BCUT2D eigenvalue weighted by atomic mass is 9.49. The quantitative estimate of drug-likeness (QED) is 0.898. The Morgan fingerprint density at radius 1 is 1.29 bits per heavy atom. The molecule has 4 fully saturated rings. The maximum absolute atomic E-state index is 12.3. The van der Waals surface area contributed by atoms with Crippen molar-refractivity contribution in [1.29, 1.82) is 0 Å². The summed E-state index contributed by atoms with van der Waals surface area (Å²) in [4.78, 5) is 13.3. The molecule has 4 saturated carbocycles. The lowest BCUT2D eigenvalue weighted by molar-refractivity contribution is -0.124. The van der Waals surface area contributed by atoms with Crippen LogP contribution in [0.15, 0.2) is 17.5 Å². The molecule has 4 heteroatoms. The molecule has 1 unspecified atom stereocenters. The zero-order valence-corrected chi connectivity index (χ0v) is 13.2. The molecule has 1 heterocycles. The van der Waals surface area contributed by atoms with Gasteiger partial charge in [0, 0.05) is 11.4 Å². The topological polar surface area (TPSA) is 55.1 Å². The average Bonchev–Trinajstić information content (AvgIpc) is 2.96. The van der Waals surface area contributed by atoms with Crippen molar-refractivity contribution >= 4 is 17.2 Å². The summed E-state index contributed by atoms with van der Waals surface area (Å²) in [5.41, 5.74) is 6.45. The monoisotopic (exact) mass is 304 g/mol. The van der Waals surface area contributed by atoms with Crippen LogP contribution in [0.25, 0.3) is 0 Å². The van der Waals surface area contributed by atoms with Crippen molar-refractivity contribution in [3.8, 4) is 0 Å². The standard InChI is InChI=1S/C17H24N2OS/c18-15(14-2-1-3-21-14)16(20)19-10-17-7-11-4-12(8-17)6-13(5-11)9-17/h1-3,11-13,15H,4-10,18H2,(H,19,20). The Balaban J connectivity index is 1.39. The van der Waals surface area contributed by atoms with Crippen LogP contribution in [0.4, 0.5) is 0 Å². The van der Waals surface area contributed by atoms with Gasteiger partial charge in [-0.25, -0.2) is 0 Å². The highest BCUT2D eigenvalue weighted by molar-refractivity contribution is 7.10. The summed E-state index contributed by atoms with van der Waals surface area (Å²) in [6.45, 7) is 0.842. The summed E-state index contributed by atoms with van der Waals surface area (Å²) in [7, 11) is 0. The molecule has 4 aliphatic carbocycles. The Kier molecular flexibility index (Phi) is 3.34. The van der Waals surface area contributed by atoms with Crippen LogP contribution in [0.3, 0.4) is 0 Å². The highest BCUT2D eigenvalue weighted by atomic mass is 32.1. The van der Waals surface area contributed by atoms with Crippen molar-refractivity contribution in [3.63, 3.8) is 0 Å². The zero-order chi connectivity index (χ0) is 14.4. The molecule has 3 nitrogen and oxygen atoms in total. The third kappa shape index (κ3) is 2.53. The van der Waals surface area contributed by atoms with Gasteiger partial charge in [-0.15, -0.1) is 11.3 Å². The molecule has 5 rings (SSSR count). The number of carbonyl (C=O) groups is 1. The maximum Gasteiger partial charge on any atom is 0.242 e. The SMILES string of the molecule is NC(C(=O)NCC12CC3CC(CC(C3)C1)C2)c1cccs1. The number of hydrogen-bond donors (Lipinski definition) is 2. The van der Waals surface area contributed by atoms with Gasteiger partial charge in [-0.1, -0.05) is 6.07 Å². The maximum atomic E-state index is 12.3. The third-order valence-electron chi connectivity index (χ3n) is 5.93. The summed E-state index contributed by atoms with van der Waals surface area (Å²) >= 11 is 1.56. The lowest BCUT2D eigenvalue weighted by Gasteiger charge is -2.57. The highest BCUT2D eigenvalue weighted by Crippen LogP contribution is 2.59. The fraction of sp³-hybridized carbons (Fsp3) is 0.706. The van der Waals surface area contributed by atoms with Crippen LogP contribution in [-0.2, 0) is 4.79 Å². The number of amides is 1. The Labute approximate surface area is 130 Å². The zero-order valence-electron chi connectivity index (χ0n) is 12.4. The van der Waals surface area contributed by atoms with Crippen molar-refractivity contribution in [2.24, 2.45) is 28.9 Å². The van der Waals surface area contributed by atoms with E-state index in [1.807, 2.05) is 17.5 Å². The predicted octanol–water partition coefficient (Wildman–Crippen LogP) is 3.08. The Bertz CT molecular complexity index is 490. The van der Waals surface area contributed by atoms with Gasteiger partial charge in [0.2, 0.25) is 5.91 Å². The van der Waals surface area contributed by atoms with Crippen molar-refractivity contribution in [2.45, 2.75) is 44.6 Å². The van der Waals surface area contributed by atoms with Crippen LogP contribution in [0.1, 0.15) is 49.4 Å². The summed E-state index contributed by atoms with van der Waals surface area (Å²) in [6, 6.07) is 3.39. The van der Waals surface area contributed by atoms with Gasteiger partial charge < -0.3 is 11.1 Å². The molecule has 0 saturated heterocycles. The van der Waals surface area contributed by atoms with Crippen LogP contribution in [0.5, 0.6) is 0 Å². The van der Waals surface area contributed by atoms with E-state index in [0.29, 0.717) is 5.41 Å². The summed E-state index contributed by atoms with van der Waals surface area (Å²) in [5, 5.41) is 5.14. The molecule has 0 radical (unpaired) electrons. The Hall–Kier alpha value is -0.870. The number of nitrogens with two attached hydrogens (primary N) is 1.